The first-order valence-electron chi connectivity index (χ1n) is 4.53. The standard InChI is InChI=1S/C11H12FNO2/c12-10-4-1-3-9(7-10)8-13-6-2-5-11(14)15/h1-5,7,13H,6,8H2,(H,14,15)/b5-2+. The van der Waals surface area contributed by atoms with E-state index in [1.165, 1.54) is 18.2 Å². The van der Waals surface area contributed by atoms with E-state index in [0.29, 0.717) is 13.1 Å². The van der Waals surface area contributed by atoms with Crippen LogP contribution in [0.3, 0.4) is 0 Å². The Bertz CT molecular complexity index is 363. The topological polar surface area (TPSA) is 49.3 Å². The van der Waals surface area contributed by atoms with Gasteiger partial charge in [0, 0.05) is 19.2 Å². The van der Waals surface area contributed by atoms with E-state index in [1.807, 2.05) is 0 Å². The lowest BCUT2D eigenvalue weighted by molar-refractivity contribution is -0.131. The largest absolute Gasteiger partial charge is 0.478 e. The van der Waals surface area contributed by atoms with Gasteiger partial charge in [-0.15, -0.1) is 0 Å². The fourth-order valence-electron chi connectivity index (χ4n) is 1.11. The summed E-state index contributed by atoms with van der Waals surface area (Å²) in [5, 5.41) is 11.3. The maximum absolute atomic E-state index is 12.7. The van der Waals surface area contributed by atoms with E-state index in [-0.39, 0.29) is 5.82 Å². The summed E-state index contributed by atoms with van der Waals surface area (Å²) in [6.07, 6.45) is 2.57. The Labute approximate surface area is 87.2 Å². The van der Waals surface area contributed by atoms with Crippen LogP contribution in [0.15, 0.2) is 36.4 Å². The van der Waals surface area contributed by atoms with Crippen molar-refractivity contribution in [3.63, 3.8) is 0 Å². The number of aliphatic carboxylic acids is 1. The summed E-state index contributed by atoms with van der Waals surface area (Å²) in [7, 11) is 0. The van der Waals surface area contributed by atoms with Crippen LogP contribution in [0.4, 0.5) is 4.39 Å². The third-order valence-corrected chi connectivity index (χ3v) is 1.74. The molecule has 0 radical (unpaired) electrons. The van der Waals surface area contributed by atoms with Crippen LogP contribution >= 0.6 is 0 Å². The van der Waals surface area contributed by atoms with Gasteiger partial charge in [-0.05, 0) is 17.7 Å². The summed E-state index contributed by atoms with van der Waals surface area (Å²) in [5.74, 6) is -1.24. The summed E-state index contributed by atoms with van der Waals surface area (Å²) >= 11 is 0. The van der Waals surface area contributed by atoms with Crippen LogP contribution in [-0.4, -0.2) is 17.6 Å². The molecule has 0 atom stereocenters. The molecule has 1 aromatic carbocycles. The molecule has 0 fully saturated rings. The number of rotatable bonds is 5. The summed E-state index contributed by atoms with van der Waals surface area (Å²) in [4.78, 5) is 10.1. The molecule has 1 rings (SSSR count). The van der Waals surface area contributed by atoms with Crippen molar-refractivity contribution in [3.05, 3.63) is 47.8 Å². The van der Waals surface area contributed by atoms with Gasteiger partial charge >= 0.3 is 5.97 Å². The Balaban J connectivity index is 2.29. The monoisotopic (exact) mass is 209 g/mol. The SMILES string of the molecule is O=C(O)/C=C/CNCc1cccc(F)c1. The number of benzene rings is 1. The highest BCUT2D eigenvalue weighted by Gasteiger charge is 1.93. The maximum Gasteiger partial charge on any atom is 0.328 e. The molecule has 0 saturated heterocycles. The molecule has 0 aliphatic carbocycles. The Kier molecular flexibility index (Phi) is 4.50. The number of hydrogen-bond donors (Lipinski definition) is 2. The Hall–Kier alpha value is -1.68. The van der Waals surface area contributed by atoms with Gasteiger partial charge in [0.05, 0.1) is 0 Å². The average Bonchev–Trinajstić information content (AvgIpc) is 2.17. The molecule has 0 spiro atoms. The zero-order valence-corrected chi connectivity index (χ0v) is 8.11. The number of hydrogen-bond acceptors (Lipinski definition) is 2. The first-order chi connectivity index (χ1) is 7.18. The minimum Gasteiger partial charge on any atom is -0.478 e. The van der Waals surface area contributed by atoms with Crippen LogP contribution in [0.25, 0.3) is 0 Å². The Morgan fingerprint density at radius 3 is 3.00 bits per heavy atom. The molecule has 0 aliphatic rings. The molecule has 4 heteroatoms. The normalized spacial score (nSPS) is 10.7. The van der Waals surface area contributed by atoms with Crippen molar-refractivity contribution in [1.29, 1.82) is 0 Å². The fraction of sp³-hybridized carbons (Fsp3) is 0.182. The van der Waals surface area contributed by atoms with Crippen LogP contribution in [0, 0.1) is 5.82 Å². The van der Waals surface area contributed by atoms with Gasteiger partial charge < -0.3 is 10.4 Å². The van der Waals surface area contributed by atoms with Crippen molar-refractivity contribution in [2.75, 3.05) is 6.54 Å². The molecule has 0 heterocycles. The van der Waals surface area contributed by atoms with Crippen molar-refractivity contribution in [2.24, 2.45) is 0 Å². The number of carboxylic acid groups (broad SMARTS) is 1. The summed E-state index contributed by atoms with van der Waals surface area (Å²) in [5.41, 5.74) is 0.832. The first-order valence-corrected chi connectivity index (χ1v) is 4.53. The molecule has 3 nitrogen and oxygen atoms in total. The highest BCUT2D eigenvalue weighted by atomic mass is 19.1. The average molecular weight is 209 g/mol. The maximum atomic E-state index is 12.7. The van der Waals surface area contributed by atoms with E-state index in [9.17, 15) is 9.18 Å². The molecule has 1 aromatic rings. The molecular weight excluding hydrogens is 197 g/mol. The van der Waals surface area contributed by atoms with Gasteiger partial charge in [0.1, 0.15) is 5.82 Å². The zero-order valence-electron chi connectivity index (χ0n) is 8.11. The minimum absolute atomic E-state index is 0.268. The van der Waals surface area contributed by atoms with Crippen molar-refractivity contribution in [1.82, 2.24) is 5.32 Å². The molecule has 0 aromatic heterocycles. The third-order valence-electron chi connectivity index (χ3n) is 1.74. The van der Waals surface area contributed by atoms with E-state index in [2.05, 4.69) is 5.32 Å². The lowest BCUT2D eigenvalue weighted by Crippen LogP contribution is -2.13. The van der Waals surface area contributed by atoms with Crippen LogP contribution in [0.5, 0.6) is 0 Å². The molecule has 0 amide bonds. The van der Waals surface area contributed by atoms with Crippen LogP contribution in [0.2, 0.25) is 0 Å². The predicted octanol–water partition coefficient (Wildman–Crippen LogP) is 1.56. The van der Waals surface area contributed by atoms with Crippen molar-refractivity contribution in [3.8, 4) is 0 Å². The number of carboxylic acids is 1. The third kappa shape index (κ3) is 4.93. The van der Waals surface area contributed by atoms with E-state index in [1.54, 1.807) is 12.1 Å². The van der Waals surface area contributed by atoms with E-state index >= 15 is 0 Å². The first kappa shape index (κ1) is 11.4. The lowest BCUT2D eigenvalue weighted by Gasteiger charge is -2.01. The van der Waals surface area contributed by atoms with Gasteiger partial charge in [-0.3, -0.25) is 0 Å². The van der Waals surface area contributed by atoms with E-state index < -0.39 is 5.97 Å². The molecule has 0 saturated carbocycles. The van der Waals surface area contributed by atoms with Gasteiger partial charge in [-0.2, -0.15) is 0 Å². The quantitative estimate of drug-likeness (QED) is 0.571. The van der Waals surface area contributed by atoms with Gasteiger partial charge in [-0.1, -0.05) is 18.2 Å². The van der Waals surface area contributed by atoms with Crippen LogP contribution < -0.4 is 5.32 Å². The van der Waals surface area contributed by atoms with Crippen molar-refractivity contribution < 1.29 is 14.3 Å². The van der Waals surface area contributed by atoms with Gasteiger partial charge in [0.2, 0.25) is 0 Å². The second kappa shape index (κ2) is 5.93. The van der Waals surface area contributed by atoms with Crippen molar-refractivity contribution in [2.45, 2.75) is 6.54 Å². The fourth-order valence-corrected chi connectivity index (χ4v) is 1.11. The molecule has 0 bridgehead atoms. The number of nitrogens with one attached hydrogen (secondary N) is 1. The van der Waals surface area contributed by atoms with Crippen LogP contribution in [0.1, 0.15) is 5.56 Å². The van der Waals surface area contributed by atoms with E-state index in [0.717, 1.165) is 11.6 Å². The highest BCUT2D eigenvalue weighted by molar-refractivity contribution is 5.79. The molecule has 15 heavy (non-hydrogen) atoms. The molecular formula is C11H12FNO2. The van der Waals surface area contributed by atoms with Gasteiger partial charge in [0.25, 0.3) is 0 Å². The number of halogens is 1. The predicted molar refractivity (Wildman–Crippen MR) is 54.9 cm³/mol. The van der Waals surface area contributed by atoms with Gasteiger partial charge in [-0.25, -0.2) is 9.18 Å². The second-order valence-corrected chi connectivity index (χ2v) is 3.00. The summed E-state index contributed by atoms with van der Waals surface area (Å²) in [6.45, 7) is 0.963. The highest BCUT2D eigenvalue weighted by Crippen LogP contribution is 2.02. The number of carbonyl (C=O) groups is 1. The van der Waals surface area contributed by atoms with Crippen molar-refractivity contribution >= 4 is 5.97 Å². The Morgan fingerprint density at radius 1 is 1.53 bits per heavy atom. The summed E-state index contributed by atoms with van der Waals surface area (Å²) < 4.78 is 12.7. The summed E-state index contributed by atoms with van der Waals surface area (Å²) in [6, 6.07) is 6.26. The Morgan fingerprint density at radius 2 is 2.33 bits per heavy atom. The second-order valence-electron chi connectivity index (χ2n) is 3.00. The molecule has 0 unspecified atom stereocenters. The minimum atomic E-state index is -0.970. The molecule has 2 N–H and O–H groups in total. The van der Waals surface area contributed by atoms with E-state index in [4.69, 9.17) is 5.11 Å². The smallest absolute Gasteiger partial charge is 0.328 e. The van der Waals surface area contributed by atoms with Gasteiger partial charge in [0.15, 0.2) is 0 Å². The molecule has 80 valence electrons. The molecule has 0 aliphatic heterocycles. The van der Waals surface area contributed by atoms with Crippen LogP contribution in [-0.2, 0) is 11.3 Å². The zero-order chi connectivity index (χ0) is 11.1. The lowest BCUT2D eigenvalue weighted by atomic mass is 10.2.